The van der Waals surface area contributed by atoms with Gasteiger partial charge in [0, 0.05) is 7.11 Å². The Balaban J connectivity index is 2.33. The van der Waals surface area contributed by atoms with Crippen LogP contribution in [0.3, 0.4) is 0 Å². The van der Waals surface area contributed by atoms with Crippen molar-refractivity contribution in [3.05, 3.63) is 30.3 Å². The smallest absolute Gasteiger partial charge is 0.180 e. The van der Waals surface area contributed by atoms with Gasteiger partial charge in [0.1, 0.15) is 0 Å². The van der Waals surface area contributed by atoms with Crippen molar-refractivity contribution < 1.29 is 9.57 Å². The molecule has 0 saturated heterocycles. The Kier molecular flexibility index (Phi) is 3.57. The Morgan fingerprint density at radius 3 is 2.50 bits per heavy atom. The minimum Gasteiger partial charge on any atom is -0.354 e. The fourth-order valence-corrected chi connectivity index (χ4v) is 0.705. The first-order valence-corrected chi connectivity index (χ1v) is 3.82. The zero-order chi connectivity index (χ0) is 8.81. The van der Waals surface area contributed by atoms with E-state index in [1.165, 1.54) is 0 Å². The molecule has 0 spiro atoms. The molecule has 12 heavy (non-hydrogen) atoms. The van der Waals surface area contributed by atoms with Crippen LogP contribution in [0.15, 0.2) is 30.3 Å². The molecular weight excluding hydrogens is 154 g/mol. The molecule has 0 amide bonds. The van der Waals surface area contributed by atoms with Gasteiger partial charge in [0.05, 0.1) is 5.69 Å². The number of ether oxygens (including phenoxy) is 1. The summed E-state index contributed by atoms with van der Waals surface area (Å²) in [6.45, 7) is 1.82. The van der Waals surface area contributed by atoms with Gasteiger partial charge in [-0.3, -0.25) is 5.48 Å². The second-order valence-electron chi connectivity index (χ2n) is 2.39. The van der Waals surface area contributed by atoms with Crippen molar-refractivity contribution >= 4 is 5.69 Å². The van der Waals surface area contributed by atoms with Gasteiger partial charge in [-0.1, -0.05) is 18.2 Å². The van der Waals surface area contributed by atoms with E-state index < -0.39 is 0 Å². The number of hydrogen-bond acceptors (Lipinski definition) is 3. The molecule has 3 heteroatoms. The highest BCUT2D eigenvalue weighted by Crippen LogP contribution is 2.05. The molecule has 1 rings (SSSR count). The maximum atomic E-state index is 5.10. The quantitative estimate of drug-likeness (QED) is 0.549. The average Bonchev–Trinajstić information content (AvgIpc) is 2.16. The zero-order valence-corrected chi connectivity index (χ0v) is 7.28. The average molecular weight is 167 g/mol. The molecule has 0 aromatic heterocycles. The van der Waals surface area contributed by atoms with E-state index in [1.807, 2.05) is 37.3 Å². The predicted octanol–water partition coefficient (Wildman–Crippen LogP) is 2.02. The van der Waals surface area contributed by atoms with Crippen LogP contribution in [0.4, 0.5) is 5.69 Å². The summed E-state index contributed by atoms with van der Waals surface area (Å²) in [4.78, 5) is 5.10. The Morgan fingerprint density at radius 2 is 1.92 bits per heavy atom. The number of hydrogen-bond donors (Lipinski definition) is 1. The standard InChI is InChI=1S/C9H13NO2/c1-8(11-2)12-10-9-6-4-3-5-7-9/h3-8,10H,1-2H3. The Hall–Kier alpha value is -1.06. The van der Waals surface area contributed by atoms with Crippen LogP contribution < -0.4 is 5.48 Å². The predicted molar refractivity (Wildman–Crippen MR) is 47.6 cm³/mol. The van der Waals surface area contributed by atoms with Crippen molar-refractivity contribution in [3.63, 3.8) is 0 Å². The topological polar surface area (TPSA) is 30.5 Å². The molecule has 1 aromatic rings. The van der Waals surface area contributed by atoms with E-state index in [1.54, 1.807) is 7.11 Å². The molecule has 0 heterocycles. The molecular formula is C9H13NO2. The maximum absolute atomic E-state index is 5.10. The second kappa shape index (κ2) is 4.74. The van der Waals surface area contributed by atoms with E-state index in [0.29, 0.717) is 0 Å². The number of anilines is 1. The van der Waals surface area contributed by atoms with E-state index in [0.717, 1.165) is 5.69 Å². The summed E-state index contributed by atoms with van der Waals surface area (Å²) in [7, 11) is 1.59. The molecule has 1 unspecified atom stereocenters. The number of nitrogens with one attached hydrogen (secondary N) is 1. The Labute approximate surface area is 72.3 Å². The van der Waals surface area contributed by atoms with Crippen molar-refractivity contribution in [1.29, 1.82) is 0 Å². The molecule has 3 nitrogen and oxygen atoms in total. The van der Waals surface area contributed by atoms with Gasteiger partial charge >= 0.3 is 0 Å². The van der Waals surface area contributed by atoms with Crippen molar-refractivity contribution in [1.82, 2.24) is 0 Å². The molecule has 0 saturated carbocycles. The van der Waals surface area contributed by atoms with Gasteiger partial charge in [-0.2, -0.15) is 0 Å². The highest BCUT2D eigenvalue weighted by molar-refractivity contribution is 5.39. The van der Waals surface area contributed by atoms with Crippen molar-refractivity contribution in [3.8, 4) is 0 Å². The van der Waals surface area contributed by atoms with Crippen LogP contribution in [-0.2, 0) is 9.57 Å². The molecule has 0 fully saturated rings. The molecule has 1 aromatic carbocycles. The third-order valence-corrected chi connectivity index (χ3v) is 1.45. The zero-order valence-electron chi connectivity index (χ0n) is 7.28. The third kappa shape index (κ3) is 2.90. The lowest BCUT2D eigenvalue weighted by Crippen LogP contribution is -2.14. The number of para-hydroxylation sites is 1. The lowest BCUT2D eigenvalue weighted by atomic mass is 10.3. The van der Waals surface area contributed by atoms with Gasteiger partial charge in [0.2, 0.25) is 0 Å². The van der Waals surface area contributed by atoms with E-state index in [9.17, 15) is 0 Å². The first-order chi connectivity index (χ1) is 5.83. The summed E-state index contributed by atoms with van der Waals surface area (Å²) < 4.78 is 4.89. The molecule has 0 aliphatic rings. The van der Waals surface area contributed by atoms with Crippen LogP contribution in [0.25, 0.3) is 0 Å². The maximum Gasteiger partial charge on any atom is 0.180 e. The van der Waals surface area contributed by atoms with E-state index >= 15 is 0 Å². The van der Waals surface area contributed by atoms with E-state index in [4.69, 9.17) is 9.57 Å². The van der Waals surface area contributed by atoms with E-state index in [2.05, 4.69) is 5.48 Å². The van der Waals surface area contributed by atoms with Crippen LogP contribution in [0.2, 0.25) is 0 Å². The SMILES string of the molecule is COC(C)ONc1ccccc1. The van der Waals surface area contributed by atoms with Crippen molar-refractivity contribution in [2.24, 2.45) is 0 Å². The van der Waals surface area contributed by atoms with Gasteiger partial charge in [-0.15, -0.1) is 0 Å². The van der Waals surface area contributed by atoms with Gasteiger partial charge in [-0.05, 0) is 19.1 Å². The molecule has 0 aliphatic carbocycles. The summed E-state index contributed by atoms with van der Waals surface area (Å²) in [6.07, 6.45) is -0.245. The highest BCUT2D eigenvalue weighted by Gasteiger charge is 1.97. The largest absolute Gasteiger partial charge is 0.354 e. The van der Waals surface area contributed by atoms with Crippen LogP contribution in [0, 0.1) is 0 Å². The minimum absolute atomic E-state index is 0.245. The van der Waals surface area contributed by atoms with Crippen LogP contribution >= 0.6 is 0 Å². The minimum atomic E-state index is -0.245. The fourth-order valence-electron chi connectivity index (χ4n) is 0.705. The Bertz CT molecular complexity index is 213. The Morgan fingerprint density at radius 1 is 1.25 bits per heavy atom. The van der Waals surface area contributed by atoms with Gasteiger partial charge < -0.3 is 4.74 Å². The first kappa shape index (κ1) is 9.03. The summed E-state index contributed by atoms with van der Waals surface area (Å²) in [5.74, 6) is 0. The summed E-state index contributed by atoms with van der Waals surface area (Å²) in [5, 5.41) is 0. The van der Waals surface area contributed by atoms with E-state index in [-0.39, 0.29) is 6.29 Å². The fraction of sp³-hybridized carbons (Fsp3) is 0.333. The highest BCUT2D eigenvalue weighted by atomic mass is 16.8. The van der Waals surface area contributed by atoms with Crippen LogP contribution in [0.1, 0.15) is 6.92 Å². The van der Waals surface area contributed by atoms with Gasteiger partial charge in [-0.25, -0.2) is 4.84 Å². The molecule has 1 atom stereocenters. The summed E-state index contributed by atoms with van der Waals surface area (Å²) in [5.41, 5.74) is 3.69. The first-order valence-electron chi connectivity index (χ1n) is 3.82. The van der Waals surface area contributed by atoms with Crippen molar-refractivity contribution in [2.45, 2.75) is 13.2 Å². The molecule has 0 aliphatic heterocycles. The van der Waals surface area contributed by atoms with Crippen LogP contribution in [-0.4, -0.2) is 13.4 Å². The van der Waals surface area contributed by atoms with Gasteiger partial charge in [0.15, 0.2) is 6.29 Å². The summed E-state index contributed by atoms with van der Waals surface area (Å²) >= 11 is 0. The second-order valence-corrected chi connectivity index (χ2v) is 2.39. The van der Waals surface area contributed by atoms with Crippen LogP contribution in [0.5, 0.6) is 0 Å². The summed E-state index contributed by atoms with van der Waals surface area (Å²) in [6, 6.07) is 9.65. The molecule has 1 N–H and O–H groups in total. The van der Waals surface area contributed by atoms with Gasteiger partial charge in [0.25, 0.3) is 0 Å². The van der Waals surface area contributed by atoms with Crippen molar-refractivity contribution in [2.75, 3.05) is 12.6 Å². The lowest BCUT2D eigenvalue weighted by Gasteiger charge is -2.11. The monoisotopic (exact) mass is 167 g/mol. The number of benzene rings is 1. The third-order valence-electron chi connectivity index (χ3n) is 1.45. The number of methoxy groups -OCH3 is 1. The normalized spacial score (nSPS) is 12.5. The number of rotatable bonds is 4. The molecule has 0 bridgehead atoms. The lowest BCUT2D eigenvalue weighted by molar-refractivity contribution is -0.0885. The molecule has 66 valence electrons. The molecule has 0 radical (unpaired) electrons.